The van der Waals surface area contributed by atoms with Gasteiger partial charge in [0.15, 0.2) is 11.6 Å². The zero-order valence-corrected chi connectivity index (χ0v) is 11.0. The van der Waals surface area contributed by atoms with E-state index in [4.69, 9.17) is 4.74 Å². The molecule has 100 valence electrons. The van der Waals surface area contributed by atoms with Gasteiger partial charge in [0.05, 0.1) is 7.11 Å². The molecule has 0 atom stereocenters. The van der Waals surface area contributed by atoms with E-state index < -0.39 is 0 Å². The van der Waals surface area contributed by atoms with Crippen molar-refractivity contribution in [3.63, 3.8) is 0 Å². The number of nitrogens with one attached hydrogen (secondary N) is 1. The molecule has 0 fully saturated rings. The second-order valence-electron chi connectivity index (χ2n) is 4.04. The molecule has 1 N–H and O–H groups in total. The fourth-order valence-electron chi connectivity index (χ4n) is 1.78. The van der Waals surface area contributed by atoms with E-state index in [9.17, 15) is 4.39 Å². The smallest absolute Gasteiger partial charge is 0.187 e. The monoisotopic (exact) mass is 261 g/mol. The predicted octanol–water partition coefficient (Wildman–Crippen LogP) is 3.11. The largest absolute Gasteiger partial charge is 0.491 e. The van der Waals surface area contributed by atoms with Crippen LogP contribution in [0.25, 0.3) is 11.3 Å². The molecular formula is C14H16FN3O. The first kappa shape index (κ1) is 13.3. The minimum atomic E-state index is -0.304. The van der Waals surface area contributed by atoms with Crippen molar-refractivity contribution in [2.75, 3.05) is 19.0 Å². The summed E-state index contributed by atoms with van der Waals surface area (Å²) in [6.07, 6.45) is 2.42. The van der Waals surface area contributed by atoms with E-state index in [1.165, 1.54) is 18.5 Å². The number of rotatable bonds is 5. The lowest BCUT2D eigenvalue weighted by atomic mass is 10.1. The Labute approximate surface area is 111 Å². The molecule has 0 aliphatic carbocycles. The molecule has 0 bridgehead atoms. The molecule has 0 spiro atoms. The molecule has 0 amide bonds. The summed E-state index contributed by atoms with van der Waals surface area (Å²) in [6.45, 7) is 2.85. The first-order valence-corrected chi connectivity index (χ1v) is 6.15. The Morgan fingerprint density at radius 1 is 1.32 bits per heavy atom. The van der Waals surface area contributed by atoms with Gasteiger partial charge in [0.25, 0.3) is 0 Å². The Morgan fingerprint density at radius 2 is 2.16 bits per heavy atom. The average molecular weight is 261 g/mol. The van der Waals surface area contributed by atoms with Crippen LogP contribution in [0.4, 0.5) is 10.2 Å². The van der Waals surface area contributed by atoms with E-state index in [1.807, 2.05) is 0 Å². The Hall–Kier alpha value is -2.17. The lowest BCUT2D eigenvalue weighted by molar-refractivity contribution is 0.414. The van der Waals surface area contributed by atoms with Crippen LogP contribution in [0.3, 0.4) is 0 Å². The van der Waals surface area contributed by atoms with Crippen LogP contribution in [0, 0.1) is 5.82 Å². The van der Waals surface area contributed by atoms with E-state index in [0.717, 1.165) is 13.0 Å². The van der Waals surface area contributed by atoms with Gasteiger partial charge in [-0.3, -0.25) is 0 Å². The van der Waals surface area contributed by atoms with Gasteiger partial charge in [-0.25, -0.2) is 14.4 Å². The van der Waals surface area contributed by atoms with Crippen molar-refractivity contribution in [3.8, 4) is 17.0 Å². The molecule has 1 aromatic carbocycles. The zero-order chi connectivity index (χ0) is 13.7. The third kappa shape index (κ3) is 2.99. The predicted molar refractivity (Wildman–Crippen MR) is 72.8 cm³/mol. The molecule has 0 aliphatic heterocycles. The summed E-state index contributed by atoms with van der Waals surface area (Å²) in [5.74, 6) is 0.849. The van der Waals surface area contributed by atoms with Gasteiger partial charge >= 0.3 is 0 Å². The first-order valence-electron chi connectivity index (χ1n) is 6.15. The SMILES string of the molecule is CCCNc1ncnc(-c2cccc(F)c2)c1OC. The Morgan fingerprint density at radius 3 is 2.84 bits per heavy atom. The lowest BCUT2D eigenvalue weighted by Crippen LogP contribution is -2.05. The molecule has 4 nitrogen and oxygen atoms in total. The molecule has 19 heavy (non-hydrogen) atoms. The second kappa shape index (κ2) is 6.13. The normalized spacial score (nSPS) is 10.3. The lowest BCUT2D eigenvalue weighted by Gasteiger charge is -2.12. The standard InChI is InChI=1S/C14H16FN3O/c1-3-7-16-14-13(19-2)12(17-9-18-14)10-5-4-6-11(15)8-10/h4-6,8-9H,3,7H2,1-2H3,(H,16,17,18). The van der Waals surface area contributed by atoms with Crippen molar-refractivity contribution in [2.24, 2.45) is 0 Å². The van der Waals surface area contributed by atoms with Gasteiger partial charge < -0.3 is 10.1 Å². The van der Waals surface area contributed by atoms with Crippen LogP contribution in [-0.2, 0) is 0 Å². The van der Waals surface area contributed by atoms with E-state index in [2.05, 4.69) is 22.2 Å². The summed E-state index contributed by atoms with van der Waals surface area (Å²) in [5.41, 5.74) is 1.24. The summed E-state index contributed by atoms with van der Waals surface area (Å²) >= 11 is 0. The molecule has 0 radical (unpaired) electrons. The average Bonchev–Trinajstić information content (AvgIpc) is 2.44. The number of anilines is 1. The topological polar surface area (TPSA) is 47.0 Å². The van der Waals surface area contributed by atoms with Crippen molar-refractivity contribution in [2.45, 2.75) is 13.3 Å². The van der Waals surface area contributed by atoms with Crippen molar-refractivity contribution in [3.05, 3.63) is 36.4 Å². The van der Waals surface area contributed by atoms with Crippen molar-refractivity contribution in [1.82, 2.24) is 9.97 Å². The van der Waals surface area contributed by atoms with Gasteiger partial charge in [-0.2, -0.15) is 0 Å². The Bertz CT molecular complexity index is 560. The highest BCUT2D eigenvalue weighted by Crippen LogP contribution is 2.32. The Kier molecular flexibility index (Phi) is 4.28. The van der Waals surface area contributed by atoms with Gasteiger partial charge in [-0.05, 0) is 18.6 Å². The third-order valence-electron chi connectivity index (χ3n) is 2.65. The summed E-state index contributed by atoms with van der Waals surface area (Å²) in [7, 11) is 1.55. The number of aromatic nitrogens is 2. The van der Waals surface area contributed by atoms with E-state index in [0.29, 0.717) is 22.8 Å². The highest BCUT2D eigenvalue weighted by atomic mass is 19.1. The minimum absolute atomic E-state index is 0.304. The van der Waals surface area contributed by atoms with Crippen molar-refractivity contribution < 1.29 is 9.13 Å². The summed E-state index contributed by atoms with van der Waals surface area (Å²) < 4.78 is 18.6. The second-order valence-corrected chi connectivity index (χ2v) is 4.04. The summed E-state index contributed by atoms with van der Waals surface area (Å²) in [5, 5.41) is 3.17. The van der Waals surface area contributed by atoms with Crippen LogP contribution in [-0.4, -0.2) is 23.6 Å². The number of halogens is 1. The molecule has 1 heterocycles. The number of ether oxygens (including phenoxy) is 1. The van der Waals surface area contributed by atoms with Crippen molar-refractivity contribution >= 4 is 5.82 Å². The van der Waals surface area contributed by atoms with Gasteiger partial charge in [-0.1, -0.05) is 19.1 Å². The van der Waals surface area contributed by atoms with Gasteiger partial charge in [0.2, 0.25) is 0 Å². The molecule has 0 unspecified atom stereocenters. The van der Waals surface area contributed by atoms with Gasteiger partial charge in [0, 0.05) is 12.1 Å². The number of hydrogen-bond donors (Lipinski definition) is 1. The number of methoxy groups -OCH3 is 1. The highest BCUT2D eigenvalue weighted by molar-refractivity contribution is 5.72. The van der Waals surface area contributed by atoms with E-state index in [-0.39, 0.29) is 5.82 Å². The summed E-state index contributed by atoms with van der Waals surface area (Å²) in [4.78, 5) is 8.34. The quantitative estimate of drug-likeness (QED) is 0.898. The molecule has 2 rings (SSSR count). The summed E-state index contributed by atoms with van der Waals surface area (Å²) in [6, 6.07) is 6.25. The number of benzene rings is 1. The number of hydrogen-bond acceptors (Lipinski definition) is 4. The van der Waals surface area contributed by atoms with Crippen LogP contribution in [0.2, 0.25) is 0 Å². The fraction of sp³-hybridized carbons (Fsp3) is 0.286. The molecule has 5 heteroatoms. The van der Waals surface area contributed by atoms with Crippen molar-refractivity contribution in [1.29, 1.82) is 0 Å². The molecule has 0 aliphatic rings. The van der Waals surface area contributed by atoms with Crippen LogP contribution in [0.5, 0.6) is 5.75 Å². The van der Waals surface area contributed by atoms with Crippen LogP contribution < -0.4 is 10.1 Å². The van der Waals surface area contributed by atoms with Crippen LogP contribution >= 0.6 is 0 Å². The number of nitrogens with zero attached hydrogens (tertiary/aromatic N) is 2. The Balaban J connectivity index is 2.45. The highest BCUT2D eigenvalue weighted by Gasteiger charge is 2.13. The molecule has 0 saturated carbocycles. The van der Waals surface area contributed by atoms with E-state index in [1.54, 1.807) is 19.2 Å². The zero-order valence-electron chi connectivity index (χ0n) is 11.0. The van der Waals surface area contributed by atoms with E-state index >= 15 is 0 Å². The maximum Gasteiger partial charge on any atom is 0.187 e. The molecule has 1 aromatic heterocycles. The minimum Gasteiger partial charge on any atom is -0.491 e. The molecular weight excluding hydrogens is 245 g/mol. The maximum absolute atomic E-state index is 13.3. The maximum atomic E-state index is 13.3. The first-order chi connectivity index (χ1) is 9.26. The molecule has 0 saturated heterocycles. The fourth-order valence-corrected chi connectivity index (χ4v) is 1.78. The van der Waals surface area contributed by atoms with Gasteiger partial charge in [0.1, 0.15) is 17.8 Å². The van der Waals surface area contributed by atoms with Crippen LogP contribution in [0.15, 0.2) is 30.6 Å². The molecule has 2 aromatic rings. The third-order valence-corrected chi connectivity index (χ3v) is 2.65. The van der Waals surface area contributed by atoms with Gasteiger partial charge in [-0.15, -0.1) is 0 Å². The van der Waals surface area contributed by atoms with Crippen LogP contribution in [0.1, 0.15) is 13.3 Å².